The van der Waals surface area contributed by atoms with Crippen LogP contribution in [0.2, 0.25) is 0 Å². The molecule has 0 bridgehead atoms. The minimum absolute atomic E-state index is 0.163. The van der Waals surface area contributed by atoms with Crippen LogP contribution in [-0.4, -0.2) is 79.5 Å². The van der Waals surface area contributed by atoms with Gasteiger partial charge < -0.3 is 14.5 Å². The first-order valence-corrected chi connectivity index (χ1v) is 10.7. The Morgan fingerprint density at radius 2 is 1.59 bits per heavy atom. The summed E-state index contributed by atoms with van der Waals surface area (Å²) in [7, 11) is 2.08. The van der Waals surface area contributed by atoms with Gasteiger partial charge in [-0.05, 0) is 32.4 Å². The molecule has 0 atom stereocenters. The van der Waals surface area contributed by atoms with Crippen LogP contribution in [0.15, 0.2) is 30.0 Å². The van der Waals surface area contributed by atoms with Gasteiger partial charge in [0.15, 0.2) is 0 Å². The summed E-state index contributed by atoms with van der Waals surface area (Å²) in [6.45, 7) is 9.14. The summed E-state index contributed by atoms with van der Waals surface area (Å²) in [5.74, 6) is -0.343. The molecule has 0 radical (unpaired) electrons. The minimum Gasteiger partial charge on any atom is -0.381 e. The Labute approximate surface area is 174 Å². The first-order valence-electron chi connectivity index (χ1n) is 10.7. The van der Waals surface area contributed by atoms with Gasteiger partial charge in [0.25, 0.3) is 11.8 Å². The van der Waals surface area contributed by atoms with Crippen molar-refractivity contribution in [3.05, 3.63) is 41.1 Å². The van der Waals surface area contributed by atoms with Crippen molar-refractivity contribution in [3.8, 4) is 0 Å². The summed E-state index contributed by atoms with van der Waals surface area (Å²) in [6, 6.07) is 7.88. The molecule has 2 aliphatic heterocycles. The number of imide groups is 1. The predicted octanol–water partition coefficient (Wildman–Crippen LogP) is 2.53. The molecule has 2 amide bonds. The van der Waals surface area contributed by atoms with E-state index in [9.17, 15) is 9.59 Å². The number of benzene rings is 1. The fourth-order valence-corrected chi connectivity index (χ4v) is 3.74. The maximum atomic E-state index is 13.3. The number of likely N-dealkylation sites (N-methyl/N-ethyl adjacent to an activating group) is 1. The molecule has 158 valence electrons. The Hall–Kier alpha value is -2.18. The molecule has 29 heavy (non-hydrogen) atoms. The van der Waals surface area contributed by atoms with Crippen LogP contribution in [0, 0.1) is 6.92 Å². The Morgan fingerprint density at radius 3 is 2.24 bits per heavy atom. The average Bonchev–Trinajstić information content (AvgIpc) is 2.96. The third kappa shape index (κ3) is 5.06. The molecule has 2 aliphatic rings. The molecule has 0 aromatic heterocycles. The standard InChI is InChI=1S/C23H33N3O3/c1-4-5-16-29-17-6-11-26-22(27)20(19-9-7-18(2)8-10-19)21(23(26)28)25-14-12-24(3)13-15-25/h7-10H,4-6,11-17H2,1-3H3. The van der Waals surface area contributed by atoms with Crippen LogP contribution in [0.25, 0.3) is 5.57 Å². The van der Waals surface area contributed by atoms with Crippen LogP contribution < -0.4 is 0 Å². The molecule has 1 aromatic rings. The van der Waals surface area contributed by atoms with Gasteiger partial charge in [-0.15, -0.1) is 0 Å². The molecule has 0 saturated carbocycles. The fraction of sp³-hybridized carbons (Fsp3) is 0.565. The van der Waals surface area contributed by atoms with Crippen molar-refractivity contribution < 1.29 is 14.3 Å². The second kappa shape index (κ2) is 10.0. The van der Waals surface area contributed by atoms with Gasteiger partial charge in [-0.25, -0.2) is 0 Å². The number of carbonyl (C=O) groups excluding carboxylic acids is 2. The van der Waals surface area contributed by atoms with Crippen LogP contribution >= 0.6 is 0 Å². The minimum atomic E-state index is -0.179. The second-order valence-corrected chi connectivity index (χ2v) is 7.96. The smallest absolute Gasteiger partial charge is 0.277 e. The summed E-state index contributed by atoms with van der Waals surface area (Å²) in [4.78, 5) is 32.3. The number of amides is 2. The summed E-state index contributed by atoms with van der Waals surface area (Å²) < 4.78 is 5.61. The van der Waals surface area contributed by atoms with E-state index in [1.807, 2.05) is 31.2 Å². The van der Waals surface area contributed by atoms with Crippen molar-refractivity contribution in [1.82, 2.24) is 14.7 Å². The Bertz CT molecular complexity index is 749. The SMILES string of the molecule is CCCCOCCCN1C(=O)C(c2ccc(C)cc2)=C(N2CCN(C)CC2)C1=O. The van der Waals surface area contributed by atoms with Crippen molar-refractivity contribution >= 4 is 17.4 Å². The number of hydrogen-bond donors (Lipinski definition) is 0. The van der Waals surface area contributed by atoms with Gasteiger partial charge >= 0.3 is 0 Å². The van der Waals surface area contributed by atoms with E-state index in [4.69, 9.17) is 4.74 Å². The van der Waals surface area contributed by atoms with E-state index in [1.54, 1.807) is 0 Å². The first kappa shape index (κ1) is 21.5. The molecule has 1 saturated heterocycles. The highest BCUT2D eigenvalue weighted by atomic mass is 16.5. The highest BCUT2D eigenvalue weighted by Gasteiger charge is 2.41. The first-order chi connectivity index (χ1) is 14.0. The Kier molecular flexibility index (Phi) is 7.45. The number of piperazine rings is 1. The molecular weight excluding hydrogens is 366 g/mol. The topological polar surface area (TPSA) is 53.1 Å². The van der Waals surface area contributed by atoms with Crippen molar-refractivity contribution in [1.29, 1.82) is 0 Å². The van der Waals surface area contributed by atoms with Crippen LogP contribution in [0.5, 0.6) is 0 Å². The zero-order valence-corrected chi connectivity index (χ0v) is 17.9. The predicted molar refractivity (Wildman–Crippen MR) is 114 cm³/mol. The summed E-state index contributed by atoms with van der Waals surface area (Å²) >= 11 is 0. The van der Waals surface area contributed by atoms with Crippen molar-refractivity contribution in [2.75, 3.05) is 53.0 Å². The summed E-state index contributed by atoms with van der Waals surface area (Å²) in [6.07, 6.45) is 2.80. The van der Waals surface area contributed by atoms with E-state index < -0.39 is 0 Å². The number of unbranched alkanes of at least 4 members (excludes halogenated alkanes) is 1. The second-order valence-electron chi connectivity index (χ2n) is 7.96. The number of aryl methyl sites for hydroxylation is 1. The summed E-state index contributed by atoms with van der Waals surface area (Å²) in [5, 5.41) is 0. The van der Waals surface area contributed by atoms with Crippen LogP contribution in [0.4, 0.5) is 0 Å². The van der Waals surface area contributed by atoms with E-state index in [1.165, 1.54) is 4.90 Å². The molecule has 1 fully saturated rings. The number of rotatable bonds is 9. The molecule has 6 heteroatoms. The summed E-state index contributed by atoms with van der Waals surface area (Å²) in [5.41, 5.74) is 3.07. The Morgan fingerprint density at radius 1 is 0.931 bits per heavy atom. The number of nitrogens with zero attached hydrogens (tertiary/aromatic N) is 3. The lowest BCUT2D eigenvalue weighted by atomic mass is 10.0. The lowest BCUT2D eigenvalue weighted by molar-refractivity contribution is -0.137. The van der Waals surface area contributed by atoms with Crippen LogP contribution in [0.3, 0.4) is 0 Å². The third-order valence-corrected chi connectivity index (χ3v) is 5.62. The molecule has 1 aromatic carbocycles. The molecule has 3 rings (SSSR count). The van der Waals surface area contributed by atoms with Crippen molar-refractivity contribution in [2.24, 2.45) is 0 Å². The molecular formula is C23H33N3O3. The zero-order chi connectivity index (χ0) is 20.8. The maximum Gasteiger partial charge on any atom is 0.277 e. The number of carbonyl (C=O) groups is 2. The van der Waals surface area contributed by atoms with E-state index in [0.29, 0.717) is 30.8 Å². The van der Waals surface area contributed by atoms with Crippen LogP contribution in [0.1, 0.15) is 37.3 Å². The van der Waals surface area contributed by atoms with Gasteiger partial charge in [-0.3, -0.25) is 14.5 Å². The largest absolute Gasteiger partial charge is 0.381 e. The van der Waals surface area contributed by atoms with E-state index in [2.05, 4.69) is 23.8 Å². The molecule has 0 aliphatic carbocycles. The lowest BCUT2D eigenvalue weighted by Gasteiger charge is -2.34. The highest BCUT2D eigenvalue weighted by molar-refractivity contribution is 6.35. The lowest BCUT2D eigenvalue weighted by Crippen LogP contribution is -2.46. The molecule has 0 unspecified atom stereocenters. The van der Waals surface area contributed by atoms with Crippen molar-refractivity contribution in [2.45, 2.75) is 33.1 Å². The Balaban J connectivity index is 1.78. The molecule has 6 nitrogen and oxygen atoms in total. The van der Waals surface area contributed by atoms with Gasteiger partial charge in [-0.1, -0.05) is 43.2 Å². The molecule has 2 heterocycles. The maximum absolute atomic E-state index is 13.3. The monoisotopic (exact) mass is 399 g/mol. The van der Waals surface area contributed by atoms with E-state index in [-0.39, 0.29) is 11.8 Å². The van der Waals surface area contributed by atoms with Crippen molar-refractivity contribution in [3.63, 3.8) is 0 Å². The molecule has 0 spiro atoms. The fourth-order valence-electron chi connectivity index (χ4n) is 3.74. The third-order valence-electron chi connectivity index (χ3n) is 5.62. The van der Waals surface area contributed by atoms with Crippen LogP contribution in [-0.2, 0) is 14.3 Å². The van der Waals surface area contributed by atoms with Gasteiger partial charge in [0, 0.05) is 45.9 Å². The van der Waals surface area contributed by atoms with Gasteiger partial charge in [-0.2, -0.15) is 0 Å². The quantitative estimate of drug-likeness (QED) is 0.472. The normalized spacial score (nSPS) is 18.3. The van der Waals surface area contributed by atoms with Gasteiger partial charge in [0.05, 0.1) is 5.57 Å². The van der Waals surface area contributed by atoms with E-state index >= 15 is 0 Å². The van der Waals surface area contributed by atoms with Gasteiger partial charge in [0.2, 0.25) is 0 Å². The van der Waals surface area contributed by atoms with Gasteiger partial charge in [0.1, 0.15) is 5.70 Å². The number of hydrogen-bond acceptors (Lipinski definition) is 5. The average molecular weight is 400 g/mol. The van der Waals surface area contributed by atoms with E-state index in [0.717, 1.165) is 56.8 Å². The highest BCUT2D eigenvalue weighted by Crippen LogP contribution is 2.32. The zero-order valence-electron chi connectivity index (χ0n) is 17.9. The molecule has 0 N–H and O–H groups in total. The number of ether oxygens (including phenoxy) is 1.